The van der Waals surface area contributed by atoms with Gasteiger partial charge in [-0.1, -0.05) is 29.8 Å². The minimum atomic E-state index is -0.762. The van der Waals surface area contributed by atoms with E-state index in [2.05, 4.69) is 10.5 Å². The highest BCUT2D eigenvalue weighted by Crippen LogP contribution is 2.29. The molecule has 0 bridgehead atoms. The molecule has 0 aliphatic carbocycles. The van der Waals surface area contributed by atoms with Gasteiger partial charge in [0.1, 0.15) is 5.75 Å². The predicted octanol–water partition coefficient (Wildman–Crippen LogP) is 4.88. The second kappa shape index (κ2) is 11.7. The van der Waals surface area contributed by atoms with Gasteiger partial charge in [0.2, 0.25) is 0 Å². The molecule has 3 aromatic carbocycles. The molecule has 0 heterocycles. The van der Waals surface area contributed by atoms with E-state index in [0.29, 0.717) is 34.3 Å². The SMILES string of the molecule is CCOc1cc(C=NNC(=O)C(C)Oc2ccc(Cl)cc2)ccc1OC(=O)c1ccccc1. The molecule has 0 aliphatic rings. The zero-order valence-electron chi connectivity index (χ0n) is 18.2. The van der Waals surface area contributed by atoms with Crippen molar-refractivity contribution in [2.24, 2.45) is 5.10 Å². The van der Waals surface area contributed by atoms with Gasteiger partial charge in [-0.2, -0.15) is 5.10 Å². The quantitative estimate of drug-likeness (QED) is 0.210. The van der Waals surface area contributed by atoms with Gasteiger partial charge in [-0.3, -0.25) is 4.79 Å². The van der Waals surface area contributed by atoms with Crippen LogP contribution in [0.3, 0.4) is 0 Å². The number of carbonyl (C=O) groups excluding carboxylic acids is 2. The predicted molar refractivity (Wildman–Crippen MR) is 126 cm³/mol. The Balaban J connectivity index is 1.61. The summed E-state index contributed by atoms with van der Waals surface area (Å²) in [5.74, 6) is 0.293. The second-order valence-electron chi connectivity index (χ2n) is 6.84. The van der Waals surface area contributed by atoms with Crippen LogP contribution in [0.15, 0.2) is 77.9 Å². The molecule has 0 radical (unpaired) electrons. The van der Waals surface area contributed by atoms with Crippen molar-refractivity contribution in [2.45, 2.75) is 20.0 Å². The van der Waals surface area contributed by atoms with Crippen LogP contribution in [0.4, 0.5) is 0 Å². The van der Waals surface area contributed by atoms with E-state index in [0.717, 1.165) is 0 Å². The van der Waals surface area contributed by atoms with Crippen LogP contribution in [0, 0.1) is 0 Å². The Hall–Kier alpha value is -3.84. The lowest BCUT2D eigenvalue weighted by Gasteiger charge is -2.13. The van der Waals surface area contributed by atoms with Crippen molar-refractivity contribution in [1.29, 1.82) is 0 Å². The number of rotatable bonds is 9. The third-order valence-corrected chi connectivity index (χ3v) is 4.62. The third kappa shape index (κ3) is 7.08. The largest absolute Gasteiger partial charge is 0.490 e. The molecule has 170 valence electrons. The Morgan fingerprint density at radius 3 is 2.45 bits per heavy atom. The number of halogens is 1. The smallest absolute Gasteiger partial charge is 0.343 e. The first-order valence-corrected chi connectivity index (χ1v) is 10.6. The lowest BCUT2D eigenvalue weighted by molar-refractivity contribution is -0.127. The van der Waals surface area contributed by atoms with Crippen LogP contribution in [0.1, 0.15) is 29.8 Å². The van der Waals surface area contributed by atoms with Crippen LogP contribution in [0.5, 0.6) is 17.2 Å². The molecule has 0 aliphatic heterocycles. The van der Waals surface area contributed by atoms with E-state index in [1.54, 1.807) is 73.7 Å². The molecule has 0 aromatic heterocycles. The van der Waals surface area contributed by atoms with Gasteiger partial charge >= 0.3 is 5.97 Å². The highest BCUT2D eigenvalue weighted by atomic mass is 35.5. The van der Waals surface area contributed by atoms with Gasteiger partial charge in [-0.15, -0.1) is 0 Å². The lowest BCUT2D eigenvalue weighted by Crippen LogP contribution is -2.33. The molecule has 0 saturated heterocycles. The highest BCUT2D eigenvalue weighted by molar-refractivity contribution is 6.30. The van der Waals surface area contributed by atoms with Crippen molar-refractivity contribution in [2.75, 3.05) is 6.61 Å². The van der Waals surface area contributed by atoms with Gasteiger partial charge in [0.25, 0.3) is 5.91 Å². The fourth-order valence-corrected chi connectivity index (χ4v) is 2.85. The number of amides is 1. The first-order valence-electron chi connectivity index (χ1n) is 10.3. The Labute approximate surface area is 196 Å². The number of hydrazone groups is 1. The molecular formula is C25H23ClN2O5. The molecule has 3 aromatic rings. The molecule has 1 N–H and O–H groups in total. The molecule has 7 nitrogen and oxygen atoms in total. The van der Waals surface area contributed by atoms with Crippen molar-refractivity contribution < 1.29 is 23.8 Å². The highest BCUT2D eigenvalue weighted by Gasteiger charge is 2.15. The number of benzene rings is 3. The van der Waals surface area contributed by atoms with E-state index in [1.165, 1.54) is 6.21 Å². The average molecular weight is 467 g/mol. The minimum absolute atomic E-state index is 0.289. The van der Waals surface area contributed by atoms with Crippen LogP contribution in [0.2, 0.25) is 5.02 Å². The second-order valence-corrected chi connectivity index (χ2v) is 7.28. The summed E-state index contributed by atoms with van der Waals surface area (Å²) in [6, 6.07) is 20.4. The normalized spacial score (nSPS) is 11.6. The number of hydrogen-bond acceptors (Lipinski definition) is 6. The molecule has 0 fully saturated rings. The number of nitrogens with one attached hydrogen (secondary N) is 1. The molecular weight excluding hydrogens is 444 g/mol. The first-order chi connectivity index (χ1) is 16.0. The van der Waals surface area contributed by atoms with Crippen LogP contribution < -0.4 is 19.6 Å². The molecule has 1 amide bonds. The molecule has 1 unspecified atom stereocenters. The number of ether oxygens (including phenoxy) is 3. The number of nitrogens with zero attached hydrogens (tertiary/aromatic N) is 1. The maximum absolute atomic E-state index is 12.3. The monoisotopic (exact) mass is 466 g/mol. The Bertz CT molecular complexity index is 1120. The lowest BCUT2D eigenvalue weighted by atomic mass is 10.2. The van der Waals surface area contributed by atoms with Crippen molar-refractivity contribution in [3.05, 3.63) is 88.9 Å². The van der Waals surface area contributed by atoms with Crippen LogP contribution in [-0.4, -0.2) is 30.8 Å². The maximum atomic E-state index is 12.3. The average Bonchev–Trinajstić information content (AvgIpc) is 2.82. The van der Waals surface area contributed by atoms with Crippen molar-refractivity contribution in [1.82, 2.24) is 5.43 Å². The molecule has 3 rings (SSSR count). The third-order valence-electron chi connectivity index (χ3n) is 4.36. The molecule has 0 saturated carbocycles. The molecule has 8 heteroatoms. The van der Waals surface area contributed by atoms with E-state index >= 15 is 0 Å². The van der Waals surface area contributed by atoms with Gasteiger partial charge in [-0.05, 0) is 74.0 Å². The topological polar surface area (TPSA) is 86.2 Å². The van der Waals surface area contributed by atoms with Crippen LogP contribution >= 0.6 is 11.6 Å². The number of esters is 1. The van der Waals surface area contributed by atoms with Crippen LogP contribution in [-0.2, 0) is 4.79 Å². The van der Waals surface area contributed by atoms with Gasteiger partial charge in [0.05, 0.1) is 18.4 Å². The van der Waals surface area contributed by atoms with E-state index in [9.17, 15) is 9.59 Å². The Kier molecular flexibility index (Phi) is 8.43. The zero-order valence-corrected chi connectivity index (χ0v) is 18.9. The first kappa shape index (κ1) is 23.8. The summed E-state index contributed by atoms with van der Waals surface area (Å²) in [4.78, 5) is 24.6. The van der Waals surface area contributed by atoms with E-state index in [4.69, 9.17) is 25.8 Å². The van der Waals surface area contributed by atoms with Crippen molar-refractivity contribution in [3.8, 4) is 17.2 Å². The van der Waals surface area contributed by atoms with Crippen molar-refractivity contribution >= 4 is 29.7 Å². The van der Waals surface area contributed by atoms with Gasteiger partial charge in [0.15, 0.2) is 17.6 Å². The van der Waals surface area contributed by atoms with E-state index < -0.39 is 18.0 Å². The molecule has 33 heavy (non-hydrogen) atoms. The fraction of sp³-hybridized carbons (Fsp3) is 0.160. The summed E-state index contributed by atoms with van der Waals surface area (Å²) < 4.78 is 16.6. The van der Waals surface area contributed by atoms with E-state index in [1.807, 2.05) is 13.0 Å². The van der Waals surface area contributed by atoms with Crippen LogP contribution in [0.25, 0.3) is 0 Å². The Morgan fingerprint density at radius 2 is 1.76 bits per heavy atom. The van der Waals surface area contributed by atoms with E-state index in [-0.39, 0.29) is 5.75 Å². The Morgan fingerprint density at radius 1 is 1.03 bits per heavy atom. The van der Waals surface area contributed by atoms with Gasteiger partial charge in [0, 0.05) is 5.02 Å². The summed E-state index contributed by atoms with van der Waals surface area (Å²) in [5.41, 5.74) is 3.51. The summed E-state index contributed by atoms with van der Waals surface area (Å²) in [6.45, 7) is 3.82. The number of carbonyl (C=O) groups is 2. The zero-order chi connectivity index (χ0) is 23.6. The summed E-state index contributed by atoms with van der Waals surface area (Å²) >= 11 is 5.84. The fourth-order valence-electron chi connectivity index (χ4n) is 2.72. The maximum Gasteiger partial charge on any atom is 0.343 e. The minimum Gasteiger partial charge on any atom is -0.490 e. The molecule has 1 atom stereocenters. The summed E-state index contributed by atoms with van der Waals surface area (Å²) in [5, 5.41) is 4.55. The van der Waals surface area contributed by atoms with Gasteiger partial charge < -0.3 is 14.2 Å². The number of hydrogen-bond donors (Lipinski definition) is 1. The standard InChI is InChI=1S/C25H23ClN2O5/c1-3-31-23-15-18(9-14-22(23)33-25(30)19-7-5-4-6-8-19)16-27-28-24(29)17(2)32-21-12-10-20(26)11-13-21/h4-17H,3H2,1-2H3,(H,28,29). The molecule has 0 spiro atoms. The summed E-state index contributed by atoms with van der Waals surface area (Å²) in [6.07, 6.45) is 0.695. The van der Waals surface area contributed by atoms with Gasteiger partial charge in [-0.25, -0.2) is 10.2 Å². The van der Waals surface area contributed by atoms with Crippen molar-refractivity contribution in [3.63, 3.8) is 0 Å². The summed E-state index contributed by atoms with van der Waals surface area (Å²) in [7, 11) is 0.